The van der Waals surface area contributed by atoms with Crippen LogP contribution in [-0.2, 0) is 9.53 Å². The maximum Gasteiger partial charge on any atom is 0.222 e. The van der Waals surface area contributed by atoms with Crippen LogP contribution in [0.5, 0.6) is 0 Å². The highest BCUT2D eigenvalue weighted by Gasteiger charge is 2.27. The number of nitrogens with zero attached hydrogens (tertiary/aromatic N) is 3. The molecule has 1 N–H and O–H groups in total. The Hall–Kier alpha value is -1.43. The van der Waals surface area contributed by atoms with Crippen molar-refractivity contribution in [1.82, 2.24) is 20.1 Å². The van der Waals surface area contributed by atoms with Gasteiger partial charge in [-0.3, -0.25) is 9.89 Å². The number of rotatable bonds is 3. The second-order valence-electron chi connectivity index (χ2n) is 5.81. The number of hydrogen-bond donors (Lipinski definition) is 1. The lowest BCUT2D eigenvalue weighted by molar-refractivity contribution is -0.134. The normalized spacial score (nSPS) is 24.8. The first-order chi connectivity index (χ1) is 9.83. The standard InChI is InChI=1S/C14H22N4O2/c19-13(8-11-2-1-7-20-9-11)18-5-3-12(4-6-18)14-15-10-16-17-14/h10-12H,1-9H2,(H,15,16,17)/t11-/m0/s1. The molecule has 1 amide bonds. The Balaban J connectivity index is 1.46. The minimum atomic E-state index is 0.288. The zero-order valence-electron chi connectivity index (χ0n) is 11.8. The van der Waals surface area contributed by atoms with Crippen LogP contribution in [0.2, 0.25) is 0 Å². The van der Waals surface area contributed by atoms with E-state index in [1.54, 1.807) is 6.33 Å². The quantitative estimate of drug-likeness (QED) is 0.905. The fourth-order valence-corrected chi connectivity index (χ4v) is 3.16. The summed E-state index contributed by atoms with van der Waals surface area (Å²) in [7, 11) is 0. The summed E-state index contributed by atoms with van der Waals surface area (Å²) in [5, 5.41) is 6.83. The molecule has 3 rings (SSSR count). The molecule has 110 valence electrons. The Morgan fingerprint density at radius 3 is 2.90 bits per heavy atom. The van der Waals surface area contributed by atoms with E-state index in [1.807, 2.05) is 4.90 Å². The number of carbonyl (C=O) groups is 1. The molecule has 0 radical (unpaired) electrons. The van der Waals surface area contributed by atoms with Gasteiger partial charge in [-0.2, -0.15) is 5.10 Å². The SMILES string of the molecule is O=C(C[C@@H]1CCCOC1)N1CCC(c2ncn[nH]2)CC1. The first kappa shape index (κ1) is 13.5. The summed E-state index contributed by atoms with van der Waals surface area (Å²) in [4.78, 5) is 18.5. The van der Waals surface area contributed by atoms with Crippen molar-refractivity contribution >= 4 is 5.91 Å². The van der Waals surface area contributed by atoms with Gasteiger partial charge in [0.15, 0.2) is 0 Å². The highest BCUT2D eigenvalue weighted by Crippen LogP contribution is 2.26. The van der Waals surface area contributed by atoms with E-state index in [-0.39, 0.29) is 5.91 Å². The van der Waals surface area contributed by atoms with Gasteiger partial charge >= 0.3 is 0 Å². The molecule has 0 saturated carbocycles. The molecule has 20 heavy (non-hydrogen) atoms. The van der Waals surface area contributed by atoms with Crippen LogP contribution >= 0.6 is 0 Å². The van der Waals surface area contributed by atoms with Gasteiger partial charge in [0.25, 0.3) is 0 Å². The van der Waals surface area contributed by atoms with Gasteiger partial charge < -0.3 is 9.64 Å². The molecular weight excluding hydrogens is 256 g/mol. The summed E-state index contributed by atoms with van der Waals surface area (Å²) in [6.45, 7) is 3.27. The van der Waals surface area contributed by atoms with Crippen LogP contribution in [0.15, 0.2) is 6.33 Å². The van der Waals surface area contributed by atoms with Crippen molar-refractivity contribution in [3.05, 3.63) is 12.2 Å². The molecule has 6 nitrogen and oxygen atoms in total. The number of nitrogens with one attached hydrogen (secondary N) is 1. The van der Waals surface area contributed by atoms with Crippen LogP contribution in [0, 0.1) is 5.92 Å². The Bertz CT molecular complexity index is 420. The molecule has 0 bridgehead atoms. The molecule has 0 aliphatic carbocycles. The lowest BCUT2D eigenvalue weighted by atomic mass is 9.94. The number of piperidine rings is 1. The Morgan fingerprint density at radius 2 is 2.25 bits per heavy atom. The molecule has 2 aliphatic rings. The van der Waals surface area contributed by atoms with Crippen LogP contribution in [0.1, 0.15) is 43.8 Å². The summed E-state index contributed by atoms with van der Waals surface area (Å²) >= 11 is 0. The van der Waals surface area contributed by atoms with Gasteiger partial charge in [0.2, 0.25) is 5.91 Å². The van der Waals surface area contributed by atoms with Crippen LogP contribution in [-0.4, -0.2) is 52.3 Å². The topological polar surface area (TPSA) is 71.1 Å². The summed E-state index contributed by atoms with van der Waals surface area (Å²) < 4.78 is 5.45. The minimum absolute atomic E-state index is 0.288. The van der Waals surface area contributed by atoms with Crippen LogP contribution < -0.4 is 0 Å². The predicted molar refractivity (Wildman–Crippen MR) is 73.1 cm³/mol. The van der Waals surface area contributed by atoms with E-state index >= 15 is 0 Å². The summed E-state index contributed by atoms with van der Waals surface area (Å²) in [5.74, 6) is 2.08. The average molecular weight is 278 g/mol. The number of carbonyl (C=O) groups excluding carboxylic acids is 1. The average Bonchev–Trinajstić information content (AvgIpc) is 3.03. The molecule has 0 aromatic carbocycles. The minimum Gasteiger partial charge on any atom is -0.381 e. The molecule has 1 aromatic rings. The van der Waals surface area contributed by atoms with Crippen molar-refractivity contribution in [1.29, 1.82) is 0 Å². The first-order valence-electron chi connectivity index (χ1n) is 7.53. The van der Waals surface area contributed by atoms with Crippen molar-refractivity contribution in [3.63, 3.8) is 0 Å². The van der Waals surface area contributed by atoms with Gasteiger partial charge in [0.05, 0.1) is 0 Å². The molecule has 3 heterocycles. The highest BCUT2D eigenvalue weighted by atomic mass is 16.5. The lowest BCUT2D eigenvalue weighted by Crippen LogP contribution is -2.39. The molecule has 1 atom stereocenters. The van der Waals surface area contributed by atoms with Crippen molar-refractivity contribution in [2.75, 3.05) is 26.3 Å². The molecule has 2 aliphatic heterocycles. The third-order valence-corrected chi connectivity index (χ3v) is 4.39. The van der Waals surface area contributed by atoms with E-state index in [4.69, 9.17) is 4.74 Å². The maximum atomic E-state index is 12.3. The third kappa shape index (κ3) is 3.17. The van der Waals surface area contributed by atoms with Crippen molar-refractivity contribution in [2.45, 2.75) is 38.0 Å². The van der Waals surface area contributed by atoms with E-state index in [9.17, 15) is 4.79 Å². The molecule has 2 saturated heterocycles. The largest absolute Gasteiger partial charge is 0.381 e. The van der Waals surface area contributed by atoms with Gasteiger partial charge in [-0.25, -0.2) is 4.98 Å². The molecule has 0 unspecified atom stereocenters. The van der Waals surface area contributed by atoms with E-state index in [0.29, 0.717) is 18.3 Å². The van der Waals surface area contributed by atoms with E-state index in [1.165, 1.54) is 0 Å². The summed E-state index contributed by atoms with van der Waals surface area (Å²) in [6.07, 6.45) is 6.36. The Kier molecular flexibility index (Phi) is 4.30. The molecule has 2 fully saturated rings. The van der Waals surface area contributed by atoms with E-state index in [0.717, 1.165) is 57.8 Å². The summed E-state index contributed by atoms with van der Waals surface area (Å²) in [6, 6.07) is 0. The number of H-pyrrole nitrogens is 1. The maximum absolute atomic E-state index is 12.3. The molecular formula is C14H22N4O2. The first-order valence-corrected chi connectivity index (χ1v) is 7.53. The van der Waals surface area contributed by atoms with E-state index in [2.05, 4.69) is 15.2 Å². The van der Waals surface area contributed by atoms with Gasteiger partial charge in [-0.1, -0.05) is 0 Å². The van der Waals surface area contributed by atoms with Crippen molar-refractivity contribution < 1.29 is 9.53 Å². The Labute approximate surface area is 118 Å². The number of ether oxygens (including phenoxy) is 1. The zero-order chi connectivity index (χ0) is 13.8. The van der Waals surface area contributed by atoms with Crippen LogP contribution in [0.3, 0.4) is 0 Å². The third-order valence-electron chi connectivity index (χ3n) is 4.39. The number of aromatic amines is 1. The highest BCUT2D eigenvalue weighted by molar-refractivity contribution is 5.76. The molecule has 0 spiro atoms. The van der Waals surface area contributed by atoms with Gasteiger partial charge in [-0.05, 0) is 31.6 Å². The number of amides is 1. The van der Waals surface area contributed by atoms with E-state index < -0.39 is 0 Å². The number of aromatic nitrogens is 3. The second kappa shape index (κ2) is 6.35. The van der Waals surface area contributed by atoms with Crippen molar-refractivity contribution in [2.24, 2.45) is 5.92 Å². The molecule has 6 heteroatoms. The van der Waals surface area contributed by atoms with Crippen molar-refractivity contribution in [3.8, 4) is 0 Å². The Morgan fingerprint density at radius 1 is 1.40 bits per heavy atom. The number of hydrogen-bond acceptors (Lipinski definition) is 4. The predicted octanol–water partition coefficient (Wildman–Crippen LogP) is 1.33. The van der Waals surface area contributed by atoms with Gasteiger partial charge in [0, 0.05) is 38.6 Å². The fourth-order valence-electron chi connectivity index (χ4n) is 3.16. The number of likely N-dealkylation sites (tertiary alicyclic amines) is 1. The smallest absolute Gasteiger partial charge is 0.222 e. The zero-order valence-corrected chi connectivity index (χ0v) is 11.8. The van der Waals surface area contributed by atoms with Gasteiger partial charge in [-0.15, -0.1) is 0 Å². The lowest BCUT2D eigenvalue weighted by Gasteiger charge is -2.32. The second-order valence-corrected chi connectivity index (χ2v) is 5.81. The van der Waals surface area contributed by atoms with Gasteiger partial charge in [0.1, 0.15) is 12.2 Å². The van der Waals surface area contributed by atoms with Crippen LogP contribution in [0.4, 0.5) is 0 Å². The fraction of sp³-hybridized carbons (Fsp3) is 0.786. The molecule has 1 aromatic heterocycles. The monoisotopic (exact) mass is 278 g/mol. The van der Waals surface area contributed by atoms with Crippen LogP contribution in [0.25, 0.3) is 0 Å². The summed E-state index contributed by atoms with van der Waals surface area (Å²) in [5.41, 5.74) is 0.